The second-order valence-corrected chi connectivity index (χ2v) is 4.13. The molecule has 0 heterocycles. The van der Waals surface area contributed by atoms with Gasteiger partial charge in [0.1, 0.15) is 6.61 Å². The zero-order valence-electron chi connectivity index (χ0n) is 10.8. The average molecular weight is 291 g/mol. The van der Waals surface area contributed by atoms with Crippen molar-refractivity contribution >= 4 is 11.7 Å². The highest BCUT2D eigenvalue weighted by molar-refractivity contribution is 5.67. The van der Waals surface area contributed by atoms with Crippen LogP contribution in [0.25, 0.3) is 0 Å². The van der Waals surface area contributed by atoms with Gasteiger partial charge in [0.15, 0.2) is 0 Å². The number of ether oxygens (including phenoxy) is 1. The van der Waals surface area contributed by atoms with Crippen molar-refractivity contribution in [3.63, 3.8) is 0 Å². The second kappa shape index (κ2) is 7.74. The minimum atomic E-state index is -4.35. The molecule has 0 aliphatic rings. The first kappa shape index (κ1) is 16.3. The Morgan fingerprint density at radius 2 is 1.85 bits per heavy atom. The van der Waals surface area contributed by atoms with Gasteiger partial charge in [-0.25, -0.2) is 0 Å². The van der Waals surface area contributed by atoms with Gasteiger partial charge in [0, 0.05) is 18.8 Å². The highest BCUT2D eigenvalue weighted by Crippen LogP contribution is 2.16. The van der Waals surface area contributed by atoms with Crippen LogP contribution in [0.1, 0.15) is 6.42 Å². The molecule has 112 valence electrons. The van der Waals surface area contributed by atoms with E-state index in [1.165, 1.54) is 0 Å². The summed E-state index contributed by atoms with van der Waals surface area (Å²) in [6.07, 6.45) is -4.44. The average Bonchev–Trinajstić information content (AvgIpc) is 2.37. The van der Waals surface area contributed by atoms with Gasteiger partial charge in [-0.05, 0) is 12.1 Å². The van der Waals surface area contributed by atoms with Crippen molar-refractivity contribution in [3.05, 3.63) is 30.3 Å². The van der Waals surface area contributed by atoms with Crippen LogP contribution in [0.15, 0.2) is 30.3 Å². The Kier molecular flexibility index (Phi) is 6.30. The van der Waals surface area contributed by atoms with E-state index >= 15 is 0 Å². The first-order valence-corrected chi connectivity index (χ1v) is 6.05. The smallest absolute Gasteiger partial charge is 0.411 e. The van der Waals surface area contributed by atoms with Gasteiger partial charge in [0.05, 0.1) is 13.0 Å². The predicted octanol–water partition coefficient (Wildman–Crippen LogP) is 2.55. The van der Waals surface area contributed by atoms with Crippen LogP contribution in [0.3, 0.4) is 0 Å². The molecule has 0 fully saturated rings. The van der Waals surface area contributed by atoms with Crippen molar-refractivity contribution in [3.8, 4) is 0 Å². The minimum absolute atomic E-state index is 0.0891. The highest BCUT2D eigenvalue weighted by Gasteiger charge is 2.27. The van der Waals surface area contributed by atoms with Crippen molar-refractivity contribution in [2.45, 2.75) is 12.6 Å². The van der Waals surface area contributed by atoms with E-state index in [2.05, 4.69) is 4.74 Å². The van der Waals surface area contributed by atoms with Gasteiger partial charge < -0.3 is 14.7 Å². The van der Waals surface area contributed by atoms with Crippen LogP contribution in [0.4, 0.5) is 18.9 Å². The molecule has 4 nitrogen and oxygen atoms in total. The number of carboxylic acid groups (broad SMARTS) is 1. The number of aliphatic carboxylic acids is 1. The van der Waals surface area contributed by atoms with Crippen LogP contribution >= 0.6 is 0 Å². The van der Waals surface area contributed by atoms with Crippen LogP contribution < -0.4 is 4.90 Å². The lowest BCUT2D eigenvalue weighted by atomic mass is 10.2. The highest BCUT2D eigenvalue weighted by atomic mass is 19.4. The summed E-state index contributed by atoms with van der Waals surface area (Å²) in [5.41, 5.74) is 0.754. The maximum absolute atomic E-state index is 11.9. The maximum atomic E-state index is 11.9. The van der Waals surface area contributed by atoms with Gasteiger partial charge in [-0.2, -0.15) is 13.2 Å². The summed E-state index contributed by atoms with van der Waals surface area (Å²) in [6, 6.07) is 8.90. The quantitative estimate of drug-likeness (QED) is 0.748. The standard InChI is InChI=1S/C13H16F3NO3/c14-13(15,16)10-20-9-8-17(7-6-12(18)19)11-4-2-1-3-5-11/h1-5H,6-10H2,(H,18,19). The Morgan fingerprint density at radius 1 is 1.20 bits per heavy atom. The number of hydrogen-bond donors (Lipinski definition) is 1. The molecule has 20 heavy (non-hydrogen) atoms. The summed E-state index contributed by atoms with van der Waals surface area (Å²) in [6.45, 7) is -0.995. The summed E-state index contributed by atoms with van der Waals surface area (Å²) >= 11 is 0. The molecular weight excluding hydrogens is 275 g/mol. The molecule has 1 aromatic carbocycles. The van der Waals surface area contributed by atoms with Gasteiger partial charge >= 0.3 is 12.1 Å². The van der Waals surface area contributed by atoms with Crippen molar-refractivity contribution in [1.29, 1.82) is 0 Å². The summed E-state index contributed by atoms with van der Waals surface area (Å²) in [4.78, 5) is 12.3. The molecule has 1 N–H and O–H groups in total. The molecule has 1 aromatic rings. The summed E-state index contributed by atoms with van der Waals surface area (Å²) in [5.74, 6) is -0.956. The van der Waals surface area contributed by atoms with E-state index in [4.69, 9.17) is 5.11 Å². The molecule has 7 heteroatoms. The van der Waals surface area contributed by atoms with Crippen molar-refractivity contribution in [2.24, 2.45) is 0 Å². The molecular formula is C13H16F3NO3. The van der Waals surface area contributed by atoms with Crippen molar-refractivity contribution in [1.82, 2.24) is 0 Å². The van der Waals surface area contributed by atoms with E-state index in [0.29, 0.717) is 0 Å². The fourth-order valence-corrected chi connectivity index (χ4v) is 1.60. The topological polar surface area (TPSA) is 49.8 Å². The van der Waals surface area contributed by atoms with E-state index < -0.39 is 18.8 Å². The molecule has 0 amide bonds. The van der Waals surface area contributed by atoms with E-state index in [1.54, 1.807) is 35.2 Å². The van der Waals surface area contributed by atoms with Crippen LogP contribution in [0.5, 0.6) is 0 Å². The monoisotopic (exact) mass is 291 g/mol. The van der Waals surface area contributed by atoms with E-state index in [0.717, 1.165) is 5.69 Å². The Hall–Kier alpha value is -1.76. The maximum Gasteiger partial charge on any atom is 0.411 e. The normalized spacial score (nSPS) is 11.3. The number of para-hydroxylation sites is 1. The van der Waals surface area contributed by atoms with Gasteiger partial charge in [0.2, 0.25) is 0 Å². The molecule has 0 saturated carbocycles. The Bertz CT molecular complexity index is 409. The number of alkyl halides is 3. The Balaban J connectivity index is 2.49. The van der Waals surface area contributed by atoms with Gasteiger partial charge in [0.25, 0.3) is 0 Å². The molecule has 0 unspecified atom stereocenters. The summed E-state index contributed by atoms with van der Waals surface area (Å²) in [5, 5.41) is 8.68. The first-order valence-electron chi connectivity index (χ1n) is 6.05. The molecule has 0 bridgehead atoms. The molecule has 0 radical (unpaired) electrons. The second-order valence-electron chi connectivity index (χ2n) is 4.13. The van der Waals surface area contributed by atoms with Crippen molar-refractivity contribution < 1.29 is 27.8 Å². The molecule has 0 saturated heterocycles. The van der Waals surface area contributed by atoms with Crippen molar-refractivity contribution in [2.75, 3.05) is 31.2 Å². The van der Waals surface area contributed by atoms with Crippen LogP contribution in [-0.2, 0) is 9.53 Å². The third-order valence-corrected chi connectivity index (χ3v) is 2.49. The number of halogens is 3. The fourth-order valence-electron chi connectivity index (χ4n) is 1.60. The Labute approximate surface area is 114 Å². The number of rotatable bonds is 8. The lowest BCUT2D eigenvalue weighted by Gasteiger charge is -2.24. The Morgan fingerprint density at radius 3 is 2.40 bits per heavy atom. The number of hydrogen-bond acceptors (Lipinski definition) is 3. The summed E-state index contributed by atoms with van der Waals surface area (Å²) in [7, 11) is 0. The zero-order chi connectivity index (χ0) is 15.0. The number of carbonyl (C=O) groups is 1. The predicted molar refractivity (Wildman–Crippen MR) is 67.8 cm³/mol. The molecule has 0 spiro atoms. The molecule has 0 atom stereocenters. The minimum Gasteiger partial charge on any atom is -0.481 e. The molecule has 0 aromatic heterocycles. The van der Waals surface area contributed by atoms with E-state index in [-0.39, 0.29) is 26.1 Å². The van der Waals surface area contributed by atoms with Gasteiger partial charge in [-0.15, -0.1) is 0 Å². The molecule has 0 aliphatic carbocycles. The molecule has 0 aliphatic heterocycles. The number of benzene rings is 1. The largest absolute Gasteiger partial charge is 0.481 e. The lowest BCUT2D eigenvalue weighted by molar-refractivity contribution is -0.173. The number of nitrogens with zero attached hydrogens (tertiary/aromatic N) is 1. The number of carboxylic acids is 1. The van der Waals surface area contributed by atoms with E-state index in [1.807, 2.05) is 0 Å². The van der Waals surface area contributed by atoms with Crippen LogP contribution in [0, 0.1) is 0 Å². The van der Waals surface area contributed by atoms with Gasteiger partial charge in [-0.1, -0.05) is 18.2 Å². The number of anilines is 1. The third-order valence-electron chi connectivity index (χ3n) is 2.49. The van der Waals surface area contributed by atoms with Gasteiger partial charge in [-0.3, -0.25) is 4.79 Å². The zero-order valence-corrected chi connectivity index (χ0v) is 10.8. The summed E-state index contributed by atoms with van der Waals surface area (Å²) < 4.78 is 40.4. The SMILES string of the molecule is O=C(O)CCN(CCOCC(F)(F)F)c1ccccc1. The van der Waals surface area contributed by atoms with Crippen LogP contribution in [0.2, 0.25) is 0 Å². The van der Waals surface area contributed by atoms with Crippen LogP contribution in [-0.4, -0.2) is 43.6 Å². The van der Waals surface area contributed by atoms with E-state index in [9.17, 15) is 18.0 Å². The fraction of sp³-hybridized carbons (Fsp3) is 0.462. The molecule has 1 rings (SSSR count). The first-order chi connectivity index (χ1) is 9.38. The lowest BCUT2D eigenvalue weighted by Crippen LogP contribution is -2.31. The third kappa shape index (κ3) is 6.98.